The Morgan fingerprint density at radius 3 is 2.48 bits per heavy atom. The van der Waals surface area contributed by atoms with Crippen LogP contribution >= 0.6 is 0 Å². The quantitative estimate of drug-likeness (QED) is 0.478. The Kier molecular flexibility index (Phi) is 8.10. The Balaban J connectivity index is 2.86. The van der Waals surface area contributed by atoms with Gasteiger partial charge in [-0.15, -0.1) is 0 Å². The zero-order valence-electron chi connectivity index (χ0n) is 17.4. The largest absolute Gasteiger partial charge is 0.445 e. The molecule has 27 heavy (non-hydrogen) atoms. The number of hydrogen-bond donors (Lipinski definition) is 1. The lowest BCUT2D eigenvalue weighted by atomic mass is 10.1. The van der Waals surface area contributed by atoms with Gasteiger partial charge < -0.3 is 19.2 Å². The molecular formula is C18H35NO6SSi. The Morgan fingerprint density at radius 2 is 2.00 bits per heavy atom. The monoisotopic (exact) mass is 421 g/mol. The molecule has 7 nitrogen and oxygen atoms in total. The summed E-state index contributed by atoms with van der Waals surface area (Å²) in [5, 5.41) is 9.86. The number of hydrogen-bond acceptors (Lipinski definition) is 6. The van der Waals surface area contributed by atoms with Crippen LogP contribution in [-0.4, -0.2) is 69.8 Å². The van der Waals surface area contributed by atoms with E-state index in [1.54, 1.807) is 4.90 Å². The number of sulfone groups is 1. The summed E-state index contributed by atoms with van der Waals surface area (Å²) in [6.45, 7) is 14.9. The van der Waals surface area contributed by atoms with Crippen molar-refractivity contribution in [2.75, 3.05) is 19.4 Å². The summed E-state index contributed by atoms with van der Waals surface area (Å²) >= 11 is 0. The molecule has 1 aliphatic rings. The summed E-state index contributed by atoms with van der Waals surface area (Å²) < 4.78 is 34.5. The number of carbonyl (C=O) groups is 1. The first-order valence-corrected chi connectivity index (χ1v) is 14.1. The molecule has 0 aromatic carbocycles. The van der Waals surface area contributed by atoms with Gasteiger partial charge >= 0.3 is 6.09 Å². The Morgan fingerprint density at radius 1 is 1.41 bits per heavy atom. The molecule has 3 atom stereocenters. The van der Waals surface area contributed by atoms with Gasteiger partial charge in [0.2, 0.25) is 0 Å². The molecule has 1 saturated heterocycles. The van der Waals surface area contributed by atoms with Crippen LogP contribution in [0.25, 0.3) is 0 Å². The average Bonchev–Trinajstić information content (AvgIpc) is 2.90. The van der Waals surface area contributed by atoms with Crippen molar-refractivity contribution >= 4 is 24.2 Å². The van der Waals surface area contributed by atoms with Gasteiger partial charge in [-0.25, -0.2) is 13.2 Å². The molecule has 0 spiro atoms. The number of aliphatic hydroxyl groups excluding tert-OH is 1. The molecular weight excluding hydrogens is 386 g/mol. The van der Waals surface area contributed by atoms with Crippen molar-refractivity contribution in [1.29, 1.82) is 0 Å². The first kappa shape index (κ1) is 24.1. The van der Waals surface area contributed by atoms with Gasteiger partial charge in [0, 0.05) is 18.8 Å². The third-order valence-electron chi connectivity index (χ3n) is 5.44. The molecule has 0 aromatic heterocycles. The van der Waals surface area contributed by atoms with Crippen molar-refractivity contribution in [3.05, 3.63) is 12.7 Å². The highest BCUT2D eigenvalue weighted by molar-refractivity contribution is 7.91. The molecule has 1 N–H and O–H groups in total. The second kappa shape index (κ2) is 9.06. The fourth-order valence-electron chi connectivity index (χ4n) is 2.81. The van der Waals surface area contributed by atoms with Gasteiger partial charge in [0.1, 0.15) is 6.61 Å². The van der Waals surface area contributed by atoms with E-state index in [1.165, 1.54) is 6.08 Å². The van der Waals surface area contributed by atoms with E-state index in [0.29, 0.717) is 19.4 Å². The van der Waals surface area contributed by atoms with Crippen LogP contribution in [0.5, 0.6) is 0 Å². The highest BCUT2D eigenvalue weighted by Crippen LogP contribution is 2.39. The Hall–Kier alpha value is -0.903. The molecule has 9 heteroatoms. The molecule has 3 unspecified atom stereocenters. The number of carbonyl (C=O) groups excluding carboxylic acids is 1. The second-order valence-corrected chi connectivity index (χ2v) is 15.7. The topological polar surface area (TPSA) is 93.1 Å². The van der Waals surface area contributed by atoms with E-state index in [-0.39, 0.29) is 30.2 Å². The van der Waals surface area contributed by atoms with Crippen molar-refractivity contribution in [3.8, 4) is 0 Å². The molecule has 1 aliphatic heterocycles. The van der Waals surface area contributed by atoms with Crippen LogP contribution in [0.2, 0.25) is 18.1 Å². The SMILES string of the molecule is C=CCOC(=O)N1CC(O[Si](C)(C)C(C)(C)C)CC1CCC(O)S(C)(=O)=O. The standard InChI is InChI=1S/C18H35NO6SSi/c1-8-11-24-17(21)19-13-15(25-27(6,7)18(2,3)4)12-14(19)9-10-16(20)26(5,22)23/h8,14-16,20H,1,9-13H2,2-7H3. The van der Waals surface area contributed by atoms with Crippen LogP contribution < -0.4 is 0 Å². The molecule has 0 aliphatic carbocycles. The molecule has 1 fully saturated rings. The van der Waals surface area contributed by atoms with Crippen LogP contribution in [-0.2, 0) is 19.0 Å². The third kappa shape index (κ3) is 6.89. The first-order chi connectivity index (χ1) is 12.2. The van der Waals surface area contributed by atoms with Crippen molar-refractivity contribution in [1.82, 2.24) is 4.90 Å². The molecule has 1 rings (SSSR count). The zero-order valence-corrected chi connectivity index (χ0v) is 19.2. The maximum atomic E-state index is 12.4. The lowest BCUT2D eigenvalue weighted by Gasteiger charge is -2.38. The third-order valence-corrected chi connectivity index (χ3v) is 11.2. The maximum absolute atomic E-state index is 12.4. The average molecular weight is 422 g/mol. The van der Waals surface area contributed by atoms with Crippen molar-refractivity contribution < 1.29 is 27.5 Å². The predicted molar refractivity (Wildman–Crippen MR) is 109 cm³/mol. The summed E-state index contributed by atoms with van der Waals surface area (Å²) in [5.74, 6) is 0. The van der Waals surface area contributed by atoms with Crippen LogP contribution in [0.15, 0.2) is 12.7 Å². The fraction of sp³-hybridized carbons (Fsp3) is 0.833. The van der Waals surface area contributed by atoms with Crippen LogP contribution in [0.3, 0.4) is 0 Å². The molecule has 0 bridgehead atoms. The number of nitrogens with zero attached hydrogens (tertiary/aromatic N) is 1. The molecule has 1 heterocycles. The van der Waals surface area contributed by atoms with E-state index in [4.69, 9.17) is 9.16 Å². The van der Waals surface area contributed by atoms with Gasteiger partial charge in [-0.05, 0) is 37.4 Å². The molecule has 0 aromatic rings. The van der Waals surface area contributed by atoms with Crippen LogP contribution in [0, 0.1) is 0 Å². The number of likely N-dealkylation sites (tertiary alicyclic amines) is 1. The number of aliphatic hydroxyl groups is 1. The highest BCUT2D eigenvalue weighted by Gasteiger charge is 2.44. The van der Waals surface area contributed by atoms with Crippen molar-refractivity contribution in [3.63, 3.8) is 0 Å². The van der Waals surface area contributed by atoms with E-state index in [1.807, 2.05) is 0 Å². The maximum Gasteiger partial charge on any atom is 0.410 e. The smallest absolute Gasteiger partial charge is 0.410 e. The normalized spacial score (nSPS) is 22.6. The molecule has 0 radical (unpaired) electrons. The summed E-state index contributed by atoms with van der Waals surface area (Å²) in [7, 11) is -5.53. The van der Waals surface area contributed by atoms with E-state index in [0.717, 1.165) is 6.26 Å². The van der Waals surface area contributed by atoms with E-state index in [9.17, 15) is 18.3 Å². The summed E-state index contributed by atoms with van der Waals surface area (Å²) in [6, 6.07) is -0.228. The second-order valence-electron chi connectivity index (χ2n) is 8.77. The molecule has 1 amide bonds. The van der Waals surface area contributed by atoms with Gasteiger partial charge in [0.25, 0.3) is 0 Å². The van der Waals surface area contributed by atoms with E-state index >= 15 is 0 Å². The van der Waals surface area contributed by atoms with Gasteiger partial charge in [-0.1, -0.05) is 33.4 Å². The zero-order chi connectivity index (χ0) is 21.0. The summed E-state index contributed by atoms with van der Waals surface area (Å²) in [6.07, 6.45) is 2.96. The predicted octanol–water partition coefficient (Wildman–Crippen LogP) is 2.92. The fourth-order valence-corrected chi connectivity index (χ4v) is 4.73. The minimum atomic E-state index is -3.52. The van der Waals surface area contributed by atoms with Gasteiger partial charge in [-0.2, -0.15) is 0 Å². The van der Waals surface area contributed by atoms with Gasteiger partial charge in [0.05, 0.1) is 6.10 Å². The van der Waals surface area contributed by atoms with Gasteiger partial charge in [0.15, 0.2) is 23.6 Å². The first-order valence-electron chi connectivity index (χ1n) is 9.28. The van der Waals surface area contributed by atoms with Crippen LogP contribution in [0.1, 0.15) is 40.0 Å². The number of rotatable bonds is 8. The Bertz CT molecular complexity index is 628. The number of amides is 1. The lowest BCUT2D eigenvalue weighted by molar-refractivity contribution is 0.0997. The summed E-state index contributed by atoms with van der Waals surface area (Å²) in [5.41, 5.74) is -1.43. The molecule has 0 saturated carbocycles. The van der Waals surface area contributed by atoms with Crippen molar-refractivity contribution in [2.24, 2.45) is 0 Å². The van der Waals surface area contributed by atoms with Crippen LogP contribution in [0.4, 0.5) is 4.79 Å². The lowest BCUT2D eigenvalue weighted by Crippen LogP contribution is -2.44. The number of ether oxygens (including phenoxy) is 1. The Labute approximate surface area is 164 Å². The van der Waals surface area contributed by atoms with E-state index in [2.05, 4.69) is 40.4 Å². The van der Waals surface area contributed by atoms with Crippen molar-refractivity contribution in [2.45, 2.75) is 75.7 Å². The minimum absolute atomic E-state index is 0.0474. The summed E-state index contributed by atoms with van der Waals surface area (Å²) in [4.78, 5) is 14.0. The minimum Gasteiger partial charge on any atom is -0.445 e. The van der Waals surface area contributed by atoms with Gasteiger partial charge in [-0.3, -0.25) is 0 Å². The van der Waals surface area contributed by atoms with E-state index < -0.39 is 29.7 Å². The highest BCUT2D eigenvalue weighted by atomic mass is 32.2. The molecule has 158 valence electrons.